The zero-order valence-corrected chi connectivity index (χ0v) is 8.85. The molecule has 0 radical (unpaired) electrons. The zero-order valence-electron chi connectivity index (χ0n) is 8.85. The molecule has 1 aliphatic rings. The number of hydrogen-bond acceptors (Lipinski definition) is 2. The van der Waals surface area contributed by atoms with Crippen molar-refractivity contribution < 1.29 is 0 Å². The minimum absolute atomic E-state index is 0.447. The summed E-state index contributed by atoms with van der Waals surface area (Å²) < 4.78 is 0. The Hall–Kier alpha value is -0.0800. The summed E-state index contributed by atoms with van der Waals surface area (Å²) in [7, 11) is 2.24. The molecule has 1 atom stereocenters. The smallest absolute Gasteiger partial charge is 0.0269 e. The van der Waals surface area contributed by atoms with Crippen LogP contribution in [-0.2, 0) is 0 Å². The molecule has 72 valence electrons. The van der Waals surface area contributed by atoms with Crippen LogP contribution < -0.4 is 5.32 Å². The molecule has 0 amide bonds. The molecule has 0 spiro atoms. The number of piperazine rings is 1. The van der Waals surface area contributed by atoms with Crippen molar-refractivity contribution in [3.63, 3.8) is 0 Å². The number of nitrogens with one attached hydrogen (secondary N) is 1. The standard InChI is InChI=1S/C10H22N2/c1-5-10(2,3)9-8-11-6-7-12(9)4/h9,11H,5-8H2,1-4H3. The predicted octanol–water partition coefficient (Wildman–Crippen LogP) is 1.33. The van der Waals surface area contributed by atoms with Gasteiger partial charge in [-0.05, 0) is 18.9 Å². The van der Waals surface area contributed by atoms with E-state index in [9.17, 15) is 0 Å². The lowest BCUT2D eigenvalue weighted by Crippen LogP contribution is -2.55. The van der Waals surface area contributed by atoms with Gasteiger partial charge in [0.2, 0.25) is 0 Å². The SMILES string of the molecule is CCC(C)(C)C1CNCCN1C. The van der Waals surface area contributed by atoms with Crippen molar-refractivity contribution in [2.24, 2.45) is 5.41 Å². The van der Waals surface area contributed by atoms with Gasteiger partial charge in [0.1, 0.15) is 0 Å². The van der Waals surface area contributed by atoms with E-state index in [0.29, 0.717) is 11.5 Å². The third kappa shape index (κ3) is 1.99. The van der Waals surface area contributed by atoms with Gasteiger partial charge < -0.3 is 10.2 Å². The van der Waals surface area contributed by atoms with E-state index in [1.54, 1.807) is 0 Å². The first-order valence-corrected chi connectivity index (χ1v) is 4.99. The van der Waals surface area contributed by atoms with Gasteiger partial charge in [0, 0.05) is 25.7 Å². The second kappa shape index (κ2) is 3.75. The third-order valence-corrected chi connectivity index (χ3v) is 3.32. The van der Waals surface area contributed by atoms with Crippen LogP contribution in [-0.4, -0.2) is 37.6 Å². The summed E-state index contributed by atoms with van der Waals surface area (Å²) in [6.07, 6.45) is 1.25. The van der Waals surface area contributed by atoms with Crippen LogP contribution in [0.15, 0.2) is 0 Å². The largest absolute Gasteiger partial charge is 0.314 e. The molecule has 0 bridgehead atoms. The second-order valence-corrected chi connectivity index (χ2v) is 4.54. The fourth-order valence-corrected chi connectivity index (χ4v) is 1.91. The highest BCUT2D eigenvalue weighted by molar-refractivity contribution is 4.88. The Bertz CT molecular complexity index is 143. The van der Waals surface area contributed by atoms with Crippen molar-refractivity contribution in [3.05, 3.63) is 0 Å². The van der Waals surface area contributed by atoms with E-state index < -0.39 is 0 Å². The van der Waals surface area contributed by atoms with Crippen LogP contribution >= 0.6 is 0 Å². The molecule has 0 aromatic carbocycles. The highest BCUT2D eigenvalue weighted by atomic mass is 15.2. The van der Waals surface area contributed by atoms with Gasteiger partial charge in [-0.1, -0.05) is 20.8 Å². The van der Waals surface area contributed by atoms with E-state index in [0.717, 1.165) is 13.1 Å². The highest BCUT2D eigenvalue weighted by Gasteiger charge is 2.32. The lowest BCUT2D eigenvalue weighted by Gasteiger charge is -2.43. The molecule has 0 aromatic rings. The van der Waals surface area contributed by atoms with Gasteiger partial charge in [0.25, 0.3) is 0 Å². The number of likely N-dealkylation sites (N-methyl/N-ethyl adjacent to an activating group) is 1. The lowest BCUT2D eigenvalue weighted by atomic mass is 9.80. The van der Waals surface area contributed by atoms with Crippen molar-refractivity contribution in [2.45, 2.75) is 33.2 Å². The van der Waals surface area contributed by atoms with Gasteiger partial charge >= 0.3 is 0 Å². The van der Waals surface area contributed by atoms with Crippen molar-refractivity contribution in [1.82, 2.24) is 10.2 Å². The van der Waals surface area contributed by atoms with Crippen LogP contribution in [0.3, 0.4) is 0 Å². The van der Waals surface area contributed by atoms with E-state index in [2.05, 4.69) is 38.0 Å². The monoisotopic (exact) mass is 170 g/mol. The maximum atomic E-state index is 3.46. The van der Waals surface area contributed by atoms with Crippen LogP contribution in [0.2, 0.25) is 0 Å². The fraction of sp³-hybridized carbons (Fsp3) is 1.00. The van der Waals surface area contributed by atoms with Crippen molar-refractivity contribution in [2.75, 3.05) is 26.7 Å². The Labute approximate surface area is 76.3 Å². The number of rotatable bonds is 2. The van der Waals surface area contributed by atoms with E-state index in [1.165, 1.54) is 13.0 Å². The Balaban J connectivity index is 2.58. The maximum absolute atomic E-state index is 3.46. The fourth-order valence-electron chi connectivity index (χ4n) is 1.91. The topological polar surface area (TPSA) is 15.3 Å². The minimum atomic E-state index is 0.447. The molecule has 0 saturated carbocycles. The molecule has 0 aromatic heterocycles. The van der Waals surface area contributed by atoms with Gasteiger partial charge in [-0.25, -0.2) is 0 Å². The van der Waals surface area contributed by atoms with E-state index >= 15 is 0 Å². The zero-order chi connectivity index (χ0) is 9.19. The van der Waals surface area contributed by atoms with Crippen molar-refractivity contribution >= 4 is 0 Å². The van der Waals surface area contributed by atoms with Gasteiger partial charge in [-0.15, -0.1) is 0 Å². The molecular weight excluding hydrogens is 148 g/mol. The summed E-state index contributed by atoms with van der Waals surface area (Å²) in [5, 5.41) is 3.46. The maximum Gasteiger partial charge on any atom is 0.0269 e. The average molecular weight is 170 g/mol. The molecule has 0 aliphatic carbocycles. The van der Waals surface area contributed by atoms with E-state index in [4.69, 9.17) is 0 Å². The molecule has 1 rings (SSSR count). The molecule has 1 N–H and O–H groups in total. The first kappa shape index (κ1) is 10.0. The van der Waals surface area contributed by atoms with Crippen LogP contribution in [0.5, 0.6) is 0 Å². The van der Waals surface area contributed by atoms with Crippen LogP contribution in [0, 0.1) is 5.41 Å². The summed E-state index contributed by atoms with van der Waals surface area (Å²) in [6, 6.07) is 0.705. The number of hydrogen-bond donors (Lipinski definition) is 1. The number of nitrogens with zero attached hydrogens (tertiary/aromatic N) is 1. The van der Waals surface area contributed by atoms with Crippen molar-refractivity contribution in [3.8, 4) is 0 Å². The Kier molecular flexibility index (Phi) is 3.13. The predicted molar refractivity (Wildman–Crippen MR) is 53.4 cm³/mol. The minimum Gasteiger partial charge on any atom is -0.314 e. The highest BCUT2D eigenvalue weighted by Crippen LogP contribution is 2.28. The molecule has 1 aliphatic heterocycles. The Morgan fingerprint density at radius 3 is 2.67 bits per heavy atom. The van der Waals surface area contributed by atoms with Gasteiger partial charge in [0.15, 0.2) is 0 Å². The quantitative estimate of drug-likeness (QED) is 0.672. The van der Waals surface area contributed by atoms with Crippen LogP contribution in [0.4, 0.5) is 0 Å². The van der Waals surface area contributed by atoms with E-state index in [1.807, 2.05) is 0 Å². The van der Waals surface area contributed by atoms with Gasteiger partial charge in [0.05, 0.1) is 0 Å². The molecule has 1 unspecified atom stereocenters. The van der Waals surface area contributed by atoms with Crippen LogP contribution in [0.1, 0.15) is 27.2 Å². The van der Waals surface area contributed by atoms with Crippen LogP contribution in [0.25, 0.3) is 0 Å². The molecular formula is C10H22N2. The molecule has 1 saturated heterocycles. The summed E-state index contributed by atoms with van der Waals surface area (Å²) in [6.45, 7) is 10.5. The summed E-state index contributed by atoms with van der Waals surface area (Å²) >= 11 is 0. The molecule has 2 nitrogen and oxygen atoms in total. The van der Waals surface area contributed by atoms with Gasteiger partial charge in [-0.2, -0.15) is 0 Å². The van der Waals surface area contributed by atoms with E-state index in [-0.39, 0.29) is 0 Å². The summed E-state index contributed by atoms with van der Waals surface area (Å²) in [4.78, 5) is 2.49. The average Bonchev–Trinajstić information content (AvgIpc) is 2.05. The van der Waals surface area contributed by atoms with Crippen molar-refractivity contribution in [1.29, 1.82) is 0 Å². The Morgan fingerprint density at radius 2 is 2.17 bits per heavy atom. The summed E-state index contributed by atoms with van der Waals surface area (Å²) in [5.74, 6) is 0. The lowest BCUT2D eigenvalue weighted by molar-refractivity contribution is 0.0847. The first-order chi connectivity index (χ1) is 5.58. The van der Waals surface area contributed by atoms with Gasteiger partial charge in [-0.3, -0.25) is 0 Å². The normalized spacial score (nSPS) is 27.5. The molecule has 12 heavy (non-hydrogen) atoms. The Morgan fingerprint density at radius 1 is 1.50 bits per heavy atom. The molecule has 1 fully saturated rings. The first-order valence-electron chi connectivity index (χ1n) is 4.99. The third-order valence-electron chi connectivity index (χ3n) is 3.32. The molecule has 1 heterocycles. The summed E-state index contributed by atoms with van der Waals surface area (Å²) in [5.41, 5.74) is 0.447. The molecule has 2 heteroatoms. The second-order valence-electron chi connectivity index (χ2n) is 4.54.